The zero-order valence-corrected chi connectivity index (χ0v) is 17.2. The molecule has 3 aliphatic rings. The van der Waals surface area contributed by atoms with Crippen molar-refractivity contribution in [3.05, 3.63) is 35.4 Å². The Morgan fingerprint density at radius 1 is 1.34 bits per heavy atom. The van der Waals surface area contributed by atoms with Crippen molar-refractivity contribution in [2.45, 2.75) is 69.2 Å². The van der Waals surface area contributed by atoms with Gasteiger partial charge in [-0.05, 0) is 56.7 Å². The average Bonchev–Trinajstić information content (AvgIpc) is 2.67. The Morgan fingerprint density at radius 2 is 2.10 bits per heavy atom. The fraction of sp³-hybridized carbons (Fsp3) is 0.652. The molecular weight excluding hydrogens is 366 g/mol. The van der Waals surface area contributed by atoms with Crippen LogP contribution in [0.2, 0.25) is 0 Å². The van der Waals surface area contributed by atoms with E-state index >= 15 is 0 Å². The van der Waals surface area contributed by atoms with E-state index < -0.39 is 17.2 Å². The van der Waals surface area contributed by atoms with E-state index in [9.17, 15) is 9.90 Å². The molecule has 0 aromatic heterocycles. The molecule has 156 valence electrons. The molecule has 2 aliphatic heterocycles. The first kappa shape index (κ1) is 20.3. The molecule has 2 saturated heterocycles. The number of amides is 1. The first-order valence-electron chi connectivity index (χ1n) is 10.8. The number of hydrogen-bond acceptors (Lipinski definition) is 5. The third-order valence-electron chi connectivity index (χ3n) is 7.16. The van der Waals surface area contributed by atoms with Crippen molar-refractivity contribution >= 4 is 5.91 Å². The number of hydrogen-bond donors (Lipinski definition) is 2. The minimum Gasteiger partial charge on any atom is -0.388 e. The van der Waals surface area contributed by atoms with Gasteiger partial charge >= 0.3 is 0 Å². The molecule has 1 aromatic rings. The van der Waals surface area contributed by atoms with Crippen LogP contribution in [0.3, 0.4) is 0 Å². The van der Waals surface area contributed by atoms with E-state index in [2.05, 4.69) is 16.3 Å². The van der Waals surface area contributed by atoms with Crippen LogP contribution in [0, 0.1) is 17.2 Å². The summed E-state index contributed by atoms with van der Waals surface area (Å²) in [6, 6.07) is 9.91. The summed E-state index contributed by atoms with van der Waals surface area (Å²) in [6.07, 6.45) is 4.44. The summed E-state index contributed by atoms with van der Waals surface area (Å²) in [7, 11) is 0. The average molecular weight is 398 g/mol. The quantitative estimate of drug-likeness (QED) is 0.815. The van der Waals surface area contributed by atoms with Crippen molar-refractivity contribution in [1.82, 2.24) is 10.2 Å². The van der Waals surface area contributed by atoms with Gasteiger partial charge in [-0.15, -0.1) is 0 Å². The number of carbonyl (C=O) groups excluding carboxylic acids is 1. The van der Waals surface area contributed by atoms with Gasteiger partial charge in [0.2, 0.25) is 5.91 Å². The van der Waals surface area contributed by atoms with Gasteiger partial charge < -0.3 is 15.2 Å². The molecule has 2 atom stereocenters. The lowest BCUT2D eigenvalue weighted by molar-refractivity contribution is -0.208. The van der Waals surface area contributed by atoms with Crippen LogP contribution in [0.25, 0.3) is 0 Å². The summed E-state index contributed by atoms with van der Waals surface area (Å²) in [5.41, 5.74) is 0.585. The molecule has 4 rings (SSSR count). The largest absolute Gasteiger partial charge is 0.388 e. The smallest absolute Gasteiger partial charge is 0.223 e. The van der Waals surface area contributed by atoms with Gasteiger partial charge in [-0.3, -0.25) is 9.69 Å². The van der Waals surface area contributed by atoms with E-state index in [0.717, 1.165) is 57.3 Å². The van der Waals surface area contributed by atoms with Gasteiger partial charge in [0, 0.05) is 32.2 Å². The first-order valence-corrected chi connectivity index (χ1v) is 10.8. The first-order chi connectivity index (χ1) is 13.9. The topological polar surface area (TPSA) is 85.6 Å². The van der Waals surface area contributed by atoms with Crippen molar-refractivity contribution in [2.75, 3.05) is 19.7 Å². The summed E-state index contributed by atoms with van der Waals surface area (Å²) in [6.45, 7) is 4.96. The second-order valence-electron chi connectivity index (χ2n) is 9.19. The van der Waals surface area contributed by atoms with Crippen LogP contribution in [0.1, 0.15) is 56.6 Å². The van der Waals surface area contributed by atoms with Crippen LogP contribution in [0.5, 0.6) is 0 Å². The second-order valence-corrected chi connectivity index (χ2v) is 9.19. The van der Waals surface area contributed by atoms with Crippen LogP contribution < -0.4 is 5.32 Å². The molecule has 1 aliphatic carbocycles. The maximum atomic E-state index is 12.5. The SMILES string of the molecule is C[C@@]1(NC(=O)C2CCC2)CCOC2(CCN(Cc3cccc(C#N)c3)CC2)[C@H]1O. The number of piperidine rings is 1. The normalized spacial score (nSPS) is 29.8. The van der Waals surface area contributed by atoms with Gasteiger partial charge in [-0.1, -0.05) is 18.6 Å². The molecule has 1 saturated carbocycles. The predicted molar refractivity (Wildman–Crippen MR) is 109 cm³/mol. The number of carbonyl (C=O) groups is 1. The van der Waals surface area contributed by atoms with Crippen molar-refractivity contribution < 1.29 is 14.6 Å². The molecular formula is C23H31N3O3. The fourth-order valence-electron chi connectivity index (χ4n) is 4.95. The van der Waals surface area contributed by atoms with Crippen molar-refractivity contribution in [3.63, 3.8) is 0 Å². The predicted octanol–water partition coefficient (Wildman–Crippen LogP) is 2.35. The Bertz CT molecular complexity index is 793. The van der Waals surface area contributed by atoms with Crippen LogP contribution >= 0.6 is 0 Å². The molecule has 6 nitrogen and oxygen atoms in total. The van der Waals surface area contributed by atoms with Crippen LogP contribution in [-0.4, -0.2) is 52.9 Å². The zero-order chi connectivity index (χ0) is 20.5. The summed E-state index contributed by atoms with van der Waals surface area (Å²) in [5, 5.41) is 23.5. The highest BCUT2D eigenvalue weighted by Crippen LogP contribution is 2.40. The monoisotopic (exact) mass is 397 g/mol. The summed E-state index contributed by atoms with van der Waals surface area (Å²) >= 11 is 0. The minimum absolute atomic E-state index is 0.0876. The van der Waals surface area contributed by atoms with Gasteiger partial charge in [0.05, 0.1) is 22.8 Å². The third-order valence-corrected chi connectivity index (χ3v) is 7.16. The number of aliphatic hydroxyl groups is 1. The molecule has 1 spiro atoms. The fourth-order valence-corrected chi connectivity index (χ4v) is 4.95. The number of aliphatic hydroxyl groups excluding tert-OH is 1. The molecule has 0 bridgehead atoms. The Morgan fingerprint density at radius 3 is 2.76 bits per heavy atom. The van der Waals surface area contributed by atoms with Gasteiger partial charge in [0.25, 0.3) is 0 Å². The van der Waals surface area contributed by atoms with Crippen LogP contribution in [0.15, 0.2) is 24.3 Å². The van der Waals surface area contributed by atoms with E-state index in [-0.39, 0.29) is 11.8 Å². The molecule has 2 N–H and O–H groups in total. The van der Waals surface area contributed by atoms with E-state index in [0.29, 0.717) is 18.6 Å². The van der Waals surface area contributed by atoms with Crippen LogP contribution in [-0.2, 0) is 16.1 Å². The molecule has 29 heavy (non-hydrogen) atoms. The van der Waals surface area contributed by atoms with E-state index in [4.69, 9.17) is 10.00 Å². The van der Waals surface area contributed by atoms with Gasteiger partial charge in [-0.2, -0.15) is 5.26 Å². The molecule has 3 fully saturated rings. The highest BCUT2D eigenvalue weighted by molar-refractivity contribution is 5.80. The Balaban J connectivity index is 1.38. The molecule has 2 heterocycles. The lowest BCUT2D eigenvalue weighted by Crippen LogP contribution is -2.69. The van der Waals surface area contributed by atoms with E-state index in [1.54, 1.807) is 0 Å². The summed E-state index contributed by atoms with van der Waals surface area (Å²) in [4.78, 5) is 14.9. The number of nitrogens with one attached hydrogen (secondary N) is 1. The van der Waals surface area contributed by atoms with E-state index in [1.165, 1.54) is 0 Å². The van der Waals surface area contributed by atoms with Gasteiger partial charge in [0.15, 0.2) is 0 Å². The number of nitriles is 1. The maximum absolute atomic E-state index is 12.5. The number of benzene rings is 1. The number of rotatable bonds is 4. The zero-order valence-electron chi connectivity index (χ0n) is 17.2. The summed E-state index contributed by atoms with van der Waals surface area (Å²) < 4.78 is 6.16. The molecule has 0 radical (unpaired) electrons. The molecule has 0 unspecified atom stereocenters. The van der Waals surface area contributed by atoms with Crippen LogP contribution in [0.4, 0.5) is 0 Å². The highest BCUT2D eigenvalue weighted by atomic mass is 16.5. The van der Waals surface area contributed by atoms with Crippen molar-refractivity contribution in [2.24, 2.45) is 5.92 Å². The minimum atomic E-state index is -0.711. The lowest BCUT2D eigenvalue weighted by Gasteiger charge is -2.54. The number of ether oxygens (including phenoxy) is 1. The standard InChI is InChI=1S/C23H31N3O3/c1-22(25-20(27)19-6-3-7-19)10-13-29-23(21(22)28)8-11-26(12-9-23)16-18-5-2-4-17(14-18)15-24/h2,4-5,14,19,21,28H,3,6-13,16H2,1H3,(H,25,27)/t21-,22+/m0/s1. The van der Waals surface area contributed by atoms with Gasteiger partial charge in [0.1, 0.15) is 6.10 Å². The third kappa shape index (κ3) is 4.05. The lowest BCUT2D eigenvalue weighted by atomic mass is 9.72. The van der Waals surface area contributed by atoms with Crippen molar-refractivity contribution in [3.8, 4) is 6.07 Å². The molecule has 1 aromatic carbocycles. The van der Waals surface area contributed by atoms with Gasteiger partial charge in [-0.25, -0.2) is 0 Å². The number of likely N-dealkylation sites (tertiary alicyclic amines) is 1. The maximum Gasteiger partial charge on any atom is 0.223 e. The Hall–Kier alpha value is -1.94. The number of nitrogens with zero attached hydrogens (tertiary/aromatic N) is 2. The summed E-state index contributed by atoms with van der Waals surface area (Å²) in [5.74, 6) is 0.202. The highest BCUT2D eigenvalue weighted by Gasteiger charge is 2.54. The van der Waals surface area contributed by atoms with E-state index in [1.807, 2.05) is 31.2 Å². The Labute approximate surface area is 172 Å². The second kappa shape index (κ2) is 8.06. The Kier molecular flexibility index (Phi) is 5.65. The van der Waals surface area contributed by atoms with Crippen molar-refractivity contribution in [1.29, 1.82) is 5.26 Å². The molecule has 1 amide bonds. The molecule has 6 heteroatoms.